The van der Waals surface area contributed by atoms with E-state index in [-0.39, 0.29) is 25.2 Å². The van der Waals surface area contributed by atoms with Gasteiger partial charge in [-0.1, -0.05) is 26.5 Å². The minimum absolute atomic E-state index is 0.0825. The topological polar surface area (TPSA) is 58.6 Å². The third-order valence-corrected chi connectivity index (χ3v) is 1.64. The average Bonchev–Trinajstić information content (AvgIpc) is 2.10. The van der Waals surface area contributed by atoms with Crippen molar-refractivity contribution in [2.75, 3.05) is 13.2 Å². The van der Waals surface area contributed by atoms with Gasteiger partial charge in [0.25, 0.3) is 0 Å². The maximum Gasteiger partial charge on any atom is 0.407 e. The maximum atomic E-state index is 11.0. The third-order valence-electron chi connectivity index (χ3n) is 1.64. The number of carbonyl (C=O) groups is 1. The van der Waals surface area contributed by atoms with Gasteiger partial charge in [0.2, 0.25) is 0 Å². The van der Waals surface area contributed by atoms with Crippen molar-refractivity contribution < 1.29 is 14.6 Å². The molecule has 0 aromatic rings. The second kappa shape index (κ2) is 6.48. The van der Waals surface area contributed by atoms with E-state index in [0.29, 0.717) is 0 Å². The number of rotatable bonds is 5. The molecule has 13 heavy (non-hydrogen) atoms. The van der Waals surface area contributed by atoms with Crippen molar-refractivity contribution in [1.82, 2.24) is 5.32 Å². The molecule has 76 valence electrons. The number of aliphatic hydroxyl groups excluding tert-OH is 1. The van der Waals surface area contributed by atoms with Crippen molar-refractivity contribution in [3.8, 4) is 0 Å². The summed E-state index contributed by atoms with van der Waals surface area (Å²) in [7, 11) is 0. The van der Waals surface area contributed by atoms with E-state index in [1.807, 2.05) is 13.8 Å². The summed E-state index contributed by atoms with van der Waals surface area (Å²) in [6.07, 6.45) is 0.968. The van der Waals surface area contributed by atoms with Crippen LogP contribution < -0.4 is 5.32 Å². The molecule has 0 aliphatic carbocycles. The van der Waals surface area contributed by atoms with Crippen LogP contribution in [0.3, 0.4) is 0 Å². The highest BCUT2D eigenvalue weighted by Gasteiger charge is 2.14. The quantitative estimate of drug-likeness (QED) is 0.629. The maximum absolute atomic E-state index is 11.0. The highest BCUT2D eigenvalue weighted by Crippen LogP contribution is 2.00. The van der Waals surface area contributed by atoms with Gasteiger partial charge in [-0.05, 0) is 5.92 Å². The molecule has 0 fully saturated rings. The number of carbonyl (C=O) groups excluding carboxylic acids is 1. The Labute approximate surface area is 78.6 Å². The molecule has 0 bridgehead atoms. The molecule has 0 spiro atoms. The normalized spacial score (nSPS) is 12.3. The molecule has 4 heteroatoms. The standard InChI is InChI=1S/C9H17NO3/c1-4-5-13-9(12)10-8(6-11)7(2)3/h4,7-8,11H,1,5-6H2,2-3H3,(H,10,12)/t8-/m1/s1. The fraction of sp³-hybridized carbons (Fsp3) is 0.667. The summed E-state index contributed by atoms with van der Waals surface area (Å²) in [5, 5.41) is 11.4. The van der Waals surface area contributed by atoms with E-state index in [9.17, 15) is 4.79 Å². The zero-order valence-electron chi connectivity index (χ0n) is 8.12. The van der Waals surface area contributed by atoms with E-state index in [2.05, 4.69) is 11.9 Å². The molecule has 0 aliphatic rings. The summed E-state index contributed by atoms with van der Waals surface area (Å²) < 4.78 is 4.69. The third kappa shape index (κ3) is 5.25. The second-order valence-corrected chi connectivity index (χ2v) is 3.06. The first-order chi connectivity index (χ1) is 6.11. The number of nitrogens with one attached hydrogen (secondary N) is 1. The van der Waals surface area contributed by atoms with Crippen LogP contribution in [0.1, 0.15) is 13.8 Å². The molecular formula is C9H17NO3. The number of hydrogen-bond donors (Lipinski definition) is 2. The number of amides is 1. The number of hydrogen-bond acceptors (Lipinski definition) is 3. The first-order valence-corrected chi connectivity index (χ1v) is 4.26. The first-order valence-electron chi connectivity index (χ1n) is 4.26. The largest absolute Gasteiger partial charge is 0.445 e. The highest BCUT2D eigenvalue weighted by molar-refractivity contribution is 5.67. The molecule has 0 aliphatic heterocycles. The number of aliphatic hydroxyl groups is 1. The Morgan fingerprint density at radius 3 is 2.69 bits per heavy atom. The SMILES string of the molecule is C=CCOC(=O)N[C@H](CO)C(C)C. The second-order valence-electron chi connectivity index (χ2n) is 3.06. The minimum atomic E-state index is -0.521. The lowest BCUT2D eigenvalue weighted by Gasteiger charge is -2.19. The van der Waals surface area contributed by atoms with Crippen molar-refractivity contribution >= 4 is 6.09 Å². The van der Waals surface area contributed by atoms with Crippen molar-refractivity contribution in [2.45, 2.75) is 19.9 Å². The Bertz CT molecular complexity index is 168. The Kier molecular flexibility index (Phi) is 5.97. The predicted molar refractivity (Wildman–Crippen MR) is 50.4 cm³/mol. The van der Waals surface area contributed by atoms with Gasteiger partial charge >= 0.3 is 6.09 Å². The highest BCUT2D eigenvalue weighted by atomic mass is 16.5. The van der Waals surface area contributed by atoms with Gasteiger partial charge in [0.1, 0.15) is 6.61 Å². The fourth-order valence-electron chi connectivity index (χ4n) is 0.751. The molecule has 0 radical (unpaired) electrons. The van der Waals surface area contributed by atoms with Crippen LogP contribution in [-0.2, 0) is 4.74 Å². The van der Waals surface area contributed by atoms with E-state index in [1.165, 1.54) is 6.08 Å². The summed E-state index contributed by atoms with van der Waals surface area (Å²) in [4.78, 5) is 11.0. The van der Waals surface area contributed by atoms with E-state index in [0.717, 1.165) is 0 Å². The summed E-state index contributed by atoms with van der Waals surface area (Å²) in [6, 6.07) is -0.252. The molecule has 0 rings (SSSR count). The smallest absolute Gasteiger partial charge is 0.407 e. The van der Waals surface area contributed by atoms with Gasteiger partial charge in [-0.3, -0.25) is 0 Å². The lowest BCUT2D eigenvalue weighted by Crippen LogP contribution is -2.41. The van der Waals surface area contributed by atoms with Crippen molar-refractivity contribution in [2.24, 2.45) is 5.92 Å². The van der Waals surface area contributed by atoms with Gasteiger partial charge in [0.15, 0.2) is 0 Å². The van der Waals surface area contributed by atoms with Crippen LogP contribution in [0.2, 0.25) is 0 Å². The van der Waals surface area contributed by atoms with E-state index < -0.39 is 6.09 Å². The predicted octanol–water partition coefficient (Wildman–Crippen LogP) is 0.915. The monoisotopic (exact) mass is 187 g/mol. The van der Waals surface area contributed by atoms with Gasteiger partial charge in [-0.2, -0.15) is 0 Å². The van der Waals surface area contributed by atoms with Crippen LogP contribution in [0.4, 0.5) is 4.79 Å². The molecular weight excluding hydrogens is 170 g/mol. The van der Waals surface area contributed by atoms with Gasteiger partial charge in [0.05, 0.1) is 12.6 Å². The van der Waals surface area contributed by atoms with Crippen LogP contribution in [0.15, 0.2) is 12.7 Å². The van der Waals surface area contributed by atoms with E-state index >= 15 is 0 Å². The molecule has 0 aromatic heterocycles. The molecule has 0 heterocycles. The van der Waals surface area contributed by atoms with Gasteiger partial charge in [-0.15, -0.1) is 0 Å². The lowest BCUT2D eigenvalue weighted by molar-refractivity contribution is 0.138. The lowest BCUT2D eigenvalue weighted by atomic mass is 10.1. The van der Waals surface area contributed by atoms with Crippen LogP contribution in [0, 0.1) is 5.92 Å². The Morgan fingerprint density at radius 1 is 1.69 bits per heavy atom. The molecule has 2 N–H and O–H groups in total. The molecule has 0 saturated carbocycles. The van der Waals surface area contributed by atoms with Crippen molar-refractivity contribution in [1.29, 1.82) is 0 Å². The van der Waals surface area contributed by atoms with Crippen LogP contribution in [-0.4, -0.2) is 30.5 Å². The first kappa shape index (κ1) is 12.0. The summed E-state index contributed by atoms with van der Waals surface area (Å²) >= 11 is 0. The molecule has 4 nitrogen and oxygen atoms in total. The van der Waals surface area contributed by atoms with Crippen LogP contribution >= 0.6 is 0 Å². The molecule has 0 aromatic carbocycles. The molecule has 1 amide bonds. The Morgan fingerprint density at radius 2 is 2.31 bits per heavy atom. The van der Waals surface area contributed by atoms with Crippen molar-refractivity contribution in [3.63, 3.8) is 0 Å². The fourth-order valence-corrected chi connectivity index (χ4v) is 0.751. The zero-order valence-corrected chi connectivity index (χ0v) is 8.12. The molecule has 0 saturated heterocycles. The summed E-state index contributed by atoms with van der Waals surface area (Å²) in [5.74, 6) is 0.182. The van der Waals surface area contributed by atoms with Gasteiger partial charge < -0.3 is 15.2 Å². The Hall–Kier alpha value is -1.03. The van der Waals surface area contributed by atoms with Crippen LogP contribution in [0.5, 0.6) is 0 Å². The summed E-state index contributed by atoms with van der Waals surface area (Å²) in [5.41, 5.74) is 0. The molecule has 0 unspecified atom stereocenters. The van der Waals surface area contributed by atoms with E-state index in [4.69, 9.17) is 9.84 Å². The molecule has 1 atom stereocenters. The number of alkyl carbamates (subject to hydrolysis) is 1. The van der Waals surface area contributed by atoms with Crippen LogP contribution in [0.25, 0.3) is 0 Å². The Balaban J connectivity index is 3.79. The average molecular weight is 187 g/mol. The number of ether oxygens (including phenoxy) is 1. The summed E-state index contributed by atoms with van der Waals surface area (Å²) in [6.45, 7) is 7.34. The van der Waals surface area contributed by atoms with Gasteiger partial charge in [0, 0.05) is 0 Å². The van der Waals surface area contributed by atoms with Gasteiger partial charge in [-0.25, -0.2) is 4.79 Å². The minimum Gasteiger partial charge on any atom is -0.445 e. The van der Waals surface area contributed by atoms with E-state index in [1.54, 1.807) is 0 Å². The van der Waals surface area contributed by atoms with Crippen molar-refractivity contribution in [3.05, 3.63) is 12.7 Å². The zero-order chi connectivity index (χ0) is 10.3.